The second kappa shape index (κ2) is 4.86. The van der Waals surface area contributed by atoms with Crippen LogP contribution < -0.4 is 0 Å². The van der Waals surface area contributed by atoms with Crippen LogP contribution in [0.25, 0.3) is 0 Å². The third-order valence-corrected chi connectivity index (χ3v) is 4.76. The number of para-hydroxylation sites is 2. The minimum Gasteiger partial charge on any atom is -0.243 e. The van der Waals surface area contributed by atoms with Gasteiger partial charge in [-0.25, -0.2) is 9.98 Å². The van der Waals surface area contributed by atoms with Crippen molar-refractivity contribution in [2.45, 2.75) is 13.8 Å². The van der Waals surface area contributed by atoms with Crippen LogP contribution in [0.15, 0.2) is 34.3 Å². The molecule has 0 aliphatic carbocycles. The van der Waals surface area contributed by atoms with Crippen LogP contribution in [-0.4, -0.2) is 22.6 Å². The van der Waals surface area contributed by atoms with Gasteiger partial charge in [0, 0.05) is 0 Å². The molecule has 1 aromatic rings. The first kappa shape index (κ1) is 12.7. The van der Waals surface area contributed by atoms with Gasteiger partial charge in [-0.1, -0.05) is 12.1 Å². The van der Waals surface area contributed by atoms with Crippen molar-refractivity contribution in [1.29, 1.82) is 0 Å². The van der Waals surface area contributed by atoms with Crippen LogP contribution in [-0.2, 0) is 0 Å². The molecule has 0 spiro atoms. The van der Waals surface area contributed by atoms with Gasteiger partial charge in [0.2, 0.25) is 0 Å². The van der Waals surface area contributed by atoms with Gasteiger partial charge >= 0.3 is 0 Å². The summed E-state index contributed by atoms with van der Waals surface area (Å²) in [5.74, 6) is 0. The lowest BCUT2D eigenvalue weighted by Gasteiger charge is -2.24. The molecule has 1 aliphatic heterocycles. The van der Waals surface area contributed by atoms with Crippen molar-refractivity contribution in [1.82, 2.24) is 0 Å². The van der Waals surface area contributed by atoms with Crippen molar-refractivity contribution >= 4 is 45.0 Å². The lowest BCUT2D eigenvalue weighted by molar-refractivity contribution is 0.756. The van der Waals surface area contributed by atoms with Crippen molar-refractivity contribution in [2.75, 3.05) is 12.5 Å². The largest absolute Gasteiger partial charge is 0.243 e. The smallest absolute Gasteiger partial charge is 0.0896 e. The molecule has 2 rings (SSSR count). The van der Waals surface area contributed by atoms with Crippen molar-refractivity contribution in [3.05, 3.63) is 24.3 Å². The van der Waals surface area contributed by atoms with Crippen molar-refractivity contribution in [3.63, 3.8) is 0 Å². The molecule has 1 aromatic carbocycles. The van der Waals surface area contributed by atoms with Gasteiger partial charge in [-0.3, -0.25) is 0 Å². The predicted molar refractivity (Wildman–Crippen MR) is 81.4 cm³/mol. The molecule has 4 heteroatoms. The average Bonchev–Trinajstić information content (AvgIpc) is 2.43. The Balaban J connectivity index is 2.67. The van der Waals surface area contributed by atoms with Crippen molar-refractivity contribution in [2.24, 2.45) is 15.4 Å². The van der Waals surface area contributed by atoms with E-state index < -0.39 is 0 Å². The van der Waals surface area contributed by atoms with Crippen LogP contribution in [0.2, 0.25) is 0 Å². The SMILES string of the molecule is CSC1=Nc2ccccc2N=C(SC)C1(C)C. The molecule has 0 amide bonds. The number of fused-ring (bicyclic) bond motifs is 1. The minimum absolute atomic E-state index is 0.0994. The number of hydrogen-bond donors (Lipinski definition) is 0. The second-order valence-electron chi connectivity index (χ2n) is 4.36. The van der Waals surface area contributed by atoms with Crippen LogP contribution in [0.3, 0.4) is 0 Å². The van der Waals surface area contributed by atoms with Crippen LogP contribution in [0.1, 0.15) is 13.8 Å². The van der Waals surface area contributed by atoms with E-state index in [0.717, 1.165) is 21.5 Å². The summed E-state index contributed by atoms with van der Waals surface area (Å²) >= 11 is 3.41. The van der Waals surface area contributed by atoms with Crippen LogP contribution in [0.5, 0.6) is 0 Å². The van der Waals surface area contributed by atoms with E-state index in [4.69, 9.17) is 9.98 Å². The zero-order valence-electron chi connectivity index (χ0n) is 10.5. The molecule has 0 atom stereocenters. The van der Waals surface area contributed by atoms with Gasteiger partial charge in [0.05, 0.1) is 26.9 Å². The van der Waals surface area contributed by atoms with Gasteiger partial charge in [0.15, 0.2) is 0 Å². The first-order valence-electron chi connectivity index (χ1n) is 5.45. The van der Waals surface area contributed by atoms with Gasteiger partial charge in [0.1, 0.15) is 0 Å². The number of rotatable bonds is 0. The van der Waals surface area contributed by atoms with Crippen LogP contribution in [0.4, 0.5) is 11.4 Å². The Morgan fingerprint density at radius 1 is 0.882 bits per heavy atom. The lowest BCUT2D eigenvalue weighted by atomic mass is 9.96. The Hall–Kier alpha value is -0.740. The van der Waals surface area contributed by atoms with Gasteiger partial charge < -0.3 is 0 Å². The fraction of sp³-hybridized carbons (Fsp3) is 0.385. The van der Waals surface area contributed by atoms with E-state index in [1.54, 1.807) is 23.5 Å². The lowest BCUT2D eigenvalue weighted by Crippen LogP contribution is -2.28. The quantitative estimate of drug-likeness (QED) is 0.688. The highest BCUT2D eigenvalue weighted by molar-refractivity contribution is 8.15. The molecule has 0 radical (unpaired) electrons. The molecular weight excluding hydrogens is 248 g/mol. The van der Waals surface area contributed by atoms with E-state index in [1.807, 2.05) is 24.3 Å². The summed E-state index contributed by atoms with van der Waals surface area (Å²) in [4.78, 5) is 9.52. The maximum atomic E-state index is 4.76. The van der Waals surface area contributed by atoms with Gasteiger partial charge in [-0.2, -0.15) is 0 Å². The standard InChI is InChI=1S/C13H16N2S2/c1-13(2)11(16-3)14-9-7-5-6-8-10(9)15-12(13)17-4/h5-8H,1-4H3. The summed E-state index contributed by atoms with van der Waals surface area (Å²) in [5.41, 5.74) is 1.83. The second-order valence-corrected chi connectivity index (χ2v) is 5.95. The summed E-state index contributed by atoms with van der Waals surface area (Å²) in [6, 6.07) is 8.06. The van der Waals surface area contributed by atoms with Gasteiger partial charge in [-0.05, 0) is 38.5 Å². The highest BCUT2D eigenvalue weighted by Gasteiger charge is 2.32. The molecule has 0 bridgehead atoms. The molecule has 2 nitrogen and oxygen atoms in total. The fourth-order valence-corrected chi connectivity index (χ4v) is 3.50. The van der Waals surface area contributed by atoms with E-state index in [9.17, 15) is 0 Å². The zero-order valence-corrected chi connectivity index (χ0v) is 12.2. The topological polar surface area (TPSA) is 24.7 Å². The number of benzene rings is 1. The summed E-state index contributed by atoms with van der Waals surface area (Å²) < 4.78 is 0. The maximum absolute atomic E-state index is 4.76. The van der Waals surface area contributed by atoms with E-state index in [2.05, 4.69) is 26.4 Å². The maximum Gasteiger partial charge on any atom is 0.0896 e. The van der Waals surface area contributed by atoms with E-state index >= 15 is 0 Å². The Morgan fingerprint density at radius 2 is 1.29 bits per heavy atom. The highest BCUT2D eigenvalue weighted by atomic mass is 32.2. The van der Waals surface area contributed by atoms with E-state index in [0.29, 0.717) is 0 Å². The monoisotopic (exact) mass is 264 g/mol. The first-order chi connectivity index (χ1) is 8.09. The Labute approximate surface area is 111 Å². The molecule has 1 aliphatic rings. The Kier molecular flexibility index (Phi) is 3.64. The molecule has 0 saturated carbocycles. The summed E-state index contributed by atoms with van der Waals surface area (Å²) in [6.07, 6.45) is 4.15. The minimum atomic E-state index is -0.0994. The van der Waals surface area contributed by atoms with Gasteiger partial charge in [-0.15, -0.1) is 23.5 Å². The Morgan fingerprint density at radius 3 is 1.65 bits per heavy atom. The predicted octanol–water partition coefficient (Wildman–Crippen LogP) is 4.51. The highest BCUT2D eigenvalue weighted by Crippen LogP contribution is 2.40. The van der Waals surface area contributed by atoms with Crippen molar-refractivity contribution < 1.29 is 0 Å². The molecule has 0 aromatic heterocycles. The molecule has 0 N–H and O–H groups in total. The number of aliphatic imine (C=N–C) groups is 2. The van der Waals surface area contributed by atoms with Gasteiger partial charge in [0.25, 0.3) is 0 Å². The third-order valence-electron chi connectivity index (χ3n) is 2.78. The molecule has 90 valence electrons. The molecular formula is C13H16N2S2. The average molecular weight is 264 g/mol. The van der Waals surface area contributed by atoms with Crippen molar-refractivity contribution in [3.8, 4) is 0 Å². The molecule has 17 heavy (non-hydrogen) atoms. The molecule has 0 fully saturated rings. The number of hydrogen-bond acceptors (Lipinski definition) is 4. The number of nitrogens with zero attached hydrogens (tertiary/aromatic N) is 2. The molecule has 0 unspecified atom stereocenters. The fourth-order valence-electron chi connectivity index (χ4n) is 1.84. The normalized spacial score (nSPS) is 17.9. The first-order valence-corrected chi connectivity index (χ1v) is 7.90. The Bertz CT molecular complexity index is 447. The van der Waals surface area contributed by atoms with E-state index in [1.165, 1.54) is 0 Å². The summed E-state index contributed by atoms with van der Waals surface area (Å²) in [7, 11) is 0. The van der Waals surface area contributed by atoms with E-state index in [-0.39, 0.29) is 5.41 Å². The molecule has 1 heterocycles. The van der Waals surface area contributed by atoms with Crippen LogP contribution in [0, 0.1) is 5.41 Å². The number of thioether (sulfide) groups is 2. The molecule has 0 saturated heterocycles. The zero-order chi connectivity index (χ0) is 12.5. The summed E-state index contributed by atoms with van der Waals surface area (Å²) in [5, 5.41) is 2.24. The third kappa shape index (κ3) is 2.29. The summed E-state index contributed by atoms with van der Waals surface area (Å²) in [6.45, 7) is 4.37. The van der Waals surface area contributed by atoms with Crippen LogP contribution >= 0.6 is 23.5 Å².